The molecule has 116 valence electrons. The van der Waals surface area contributed by atoms with Gasteiger partial charge in [-0.15, -0.1) is 0 Å². The van der Waals surface area contributed by atoms with E-state index < -0.39 is 0 Å². The van der Waals surface area contributed by atoms with Crippen LogP contribution in [0.1, 0.15) is 30.9 Å². The van der Waals surface area contributed by atoms with E-state index in [1.165, 1.54) is 0 Å². The Balaban J connectivity index is 2.00. The molecular weight excluding hydrogens is 298 g/mol. The molecule has 0 aliphatic carbocycles. The highest BCUT2D eigenvalue weighted by atomic mass is 35.5. The van der Waals surface area contributed by atoms with E-state index in [2.05, 4.69) is 19.2 Å². The average Bonchev–Trinajstić information content (AvgIpc) is 2.49. The van der Waals surface area contributed by atoms with Crippen molar-refractivity contribution < 1.29 is 9.53 Å². The second-order valence-corrected chi connectivity index (χ2v) is 5.93. The van der Waals surface area contributed by atoms with Crippen molar-refractivity contribution in [3.8, 4) is 5.75 Å². The molecule has 2 rings (SSSR count). The molecule has 0 fully saturated rings. The smallest absolute Gasteiger partial charge is 0.262 e. The van der Waals surface area contributed by atoms with E-state index in [-0.39, 0.29) is 12.5 Å². The van der Waals surface area contributed by atoms with Crippen molar-refractivity contribution in [1.29, 1.82) is 0 Å². The Labute approximate surface area is 136 Å². The van der Waals surface area contributed by atoms with Crippen LogP contribution in [-0.4, -0.2) is 12.5 Å². The Hall–Kier alpha value is -2.00. The van der Waals surface area contributed by atoms with E-state index in [0.29, 0.717) is 16.6 Å². The number of benzene rings is 2. The van der Waals surface area contributed by atoms with Gasteiger partial charge in [-0.2, -0.15) is 0 Å². The summed E-state index contributed by atoms with van der Waals surface area (Å²) in [5.74, 6) is 0.883. The van der Waals surface area contributed by atoms with Gasteiger partial charge in [0.05, 0.1) is 0 Å². The number of rotatable bonds is 5. The van der Waals surface area contributed by atoms with Crippen LogP contribution in [0.15, 0.2) is 42.5 Å². The van der Waals surface area contributed by atoms with Crippen molar-refractivity contribution in [2.24, 2.45) is 0 Å². The summed E-state index contributed by atoms with van der Waals surface area (Å²) in [7, 11) is 0. The van der Waals surface area contributed by atoms with Crippen LogP contribution < -0.4 is 10.1 Å². The first-order chi connectivity index (χ1) is 10.5. The molecule has 0 radical (unpaired) electrons. The fraction of sp³-hybridized carbons (Fsp3) is 0.278. The number of para-hydroxylation sites is 1. The number of hydrogen-bond donors (Lipinski definition) is 1. The number of halogens is 1. The Morgan fingerprint density at radius 2 is 1.95 bits per heavy atom. The van der Waals surface area contributed by atoms with Crippen molar-refractivity contribution >= 4 is 23.2 Å². The molecule has 2 aromatic rings. The molecule has 0 aliphatic heterocycles. The molecule has 0 heterocycles. The Morgan fingerprint density at radius 1 is 1.23 bits per heavy atom. The number of carbonyl (C=O) groups is 1. The lowest BCUT2D eigenvalue weighted by Crippen LogP contribution is -2.21. The first-order valence-electron chi connectivity index (χ1n) is 7.25. The summed E-state index contributed by atoms with van der Waals surface area (Å²) in [6.07, 6.45) is 0. The summed E-state index contributed by atoms with van der Waals surface area (Å²) in [6, 6.07) is 13.2. The van der Waals surface area contributed by atoms with Gasteiger partial charge in [-0.3, -0.25) is 4.79 Å². The molecule has 0 saturated heterocycles. The second-order valence-electron chi connectivity index (χ2n) is 5.49. The van der Waals surface area contributed by atoms with Crippen molar-refractivity contribution in [2.75, 3.05) is 11.9 Å². The molecule has 22 heavy (non-hydrogen) atoms. The fourth-order valence-electron chi connectivity index (χ4n) is 2.15. The fourth-order valence-corrected chi connectivity index (χ4v) is 2.32. The van der Waals surface area contributed by atoms with Gasteiger partial charge in [0.15, 0.2) is 6.61 Å². The van der Waals surface area contributed by atoms with Crippen LogP contribution in [0.2, 0.25) is 5.02 Å². The molecular formula is C18H20ClNO2. The van der Waals surface area contributed by atoms with Crippen molar-refractivity contribution in [3.63, 3.8) is 0 Å². The minimum atomic E-state index is -0.205. The van der Waals surface area contributed by atoms with Crippen LogP contribution in [0.4, 0.5) is 5.69 Å². The lowest BCUT2D eigenvalue weighted by Gasteiger charge is -2.14. The van der Waals surface area contributed by atoms with Crippen molar-refractivity contribution in [3.05, 3.63) is 58.6 Å². The van der Waals surface area contributed by atoms with Gasteiger partial charge >= 0.3 is 0 Å². The van der Waals surface area contributed by atoms with Crippen molar-refractivity contribution in [1.82, 2.24) is 0 Å². The number of aryl methyl sites for hydroxylation is 1. The van der Waals surface area contributed by atoms with Gasteiger partial charge in [-0.1, -0.05) is 49.7 Å². The van der Waals surface area contributed by atoms with E-state index in [0.717, 1.165) is 16.9 Å². The summed E-state index contributed by atoms with van der Waals surface area (Å²) in [5.41, 5.74) is 2.76. The van der Waals surface area contributed by atoms with Crippen LogP contribution in [0.5, 0.6) is 5.75 Å². The van der Waals surface area contributed by atoms with E-state index in [4.69, 9.17) is 16.3 Å². The summed E-state index contributed by atoms with van der Waals surface area (Å²) < 4.78 is 5.66. The SMILES string of the molecule is Cc1ccc(Cl)cc1NC(=O)COc1ccccc1C(C)C. The first kappa shape index (κ1) is 16.4. The summed E-state index contributed by atoms with van der Waals surface area (Å²) in [4.78, 5) is 12.1. The normalized spacial score (nSPS) is 10.6. The van der Waals surface area contributed by atoms with Crippen LogP contribution in [0, 0.1) is 6.92 Å². The first-order valence-corrected chi connectivity index (χ1v) is 7.63. The van der Waals surface area contributed by atoms with Crippen LogP contribution >= 0.6 is 11.6 Å². The summed E-state index contributed by atoms with van der Waals surface area (Å²) >= 11 is 5.95. The van der Waals surface area contributed by atoms with Crippen LogP contribution in [0.3, 0.4) is 0 Å². The molecule has 0 unspecified atom stereocenters. The van der Waals surface area contributed by atoms with Gasteiger partial charge in [-0.25, -0.2) is 0 Å². The molecule has 0 aromatic heterocycles. The van der Waals surface area contributed by atoms with Gasteiger partial charge in [0.2, 0.25) is 0 Å². The average molecular weight is 318 g/mol. The van der Waals surface area contributed by atoms with E-state index >= 15 is 0 Å². The predicted molar refractivity (Wildman–Crippen MR) is 90.8 cm³/mol. The molecule has 0 saturated carbocycles. The van der Waals surface area contributed by atoms with Gasteiger partial charge in [-0.05, 0) is 42.2 Å². The molecule has 0 spiro atoms. The van der Waals surface area contributed by atoms with Crippen LogP contribution in [-0.2, 0) is 4.79 Å². The van der Waals surface area contributed by atoms with Crippen LogP contribution in [0.25, 0.3) is 0 Å². The quantitative estimate of drug-likeness (QED) is 0.861. The molecule has 2 aromatic carbocycles. The Bertz CT molecular complexity index is 668. The Kier molecular flexibility index (Phi) is 5.45. The minimum Gasteiger partial charge on any atom is -0.483 e. The monoisotopic (exact) mass is 317 g/mol. The highest BCUT2D eigenvalue weighted by Gasteiger charge is 2.10. The van der Waals surface area contributed by atoms with Crippen molar-refractivity contribution in [2.45, 2.75) is 26.7 Å². The zero-order chi connectivity index (χ0) is 16.1. The largest absolute Gasteiger partial charge is 0.483 e. The zero-order valence-corrected chi connectivity index (χ0v) is 13.8. The molecule has 1 N–H and O–H groups in total. The summed E-state index contributed by atoms with van der Waals surface area (Å²) in [6.45, 7) is 6.08. The standard InChI is InChI=1S/C18H20ClNO2/c1-12(2)15-6-4-5-7-17(15)22-11-18(21)20-16-10-14(19)9-8-13(16)3/h4-10,12H,11H2,1-3H3,(H,20,21). The van der Waals surface area contributed by atoms with Gasteiger partial charge in [0.25, 0.3) is 5.91 Å². The highest BCUT2D eigenvalue weighted by molar-refractivity contribution is 6.31. The third kappa shape index (κ3) is 4.25. The molecule has 0 bridgehead atoms. The molecule has 3 nitrogen and oxygen atoms in total. The number of nitrogens with one attached hydrogen (secondary N) is 1. The molecule has 4 heteroatoms. The maximum atomic E-state index is 12.1. The Morgan fingerprint density at radius 3 is 2.68 bits per heavy atom. The number of ether oxygens (including phenoxy) is 1. The number of hydrogen-bond acceptors (Lipinski definition) is 2. The van der Waals surface area contributed by atoms with Gasteiger partial charge < -0.3 is 10.1 Å². The zero-order valence-electron chi connectivity index (χ0n) is 13.0. The third-order valence-electron chi connectivity index (χ3n) is 3.37. The van der Waals surface area contributed by atoms with E-state index in [1.54, 1.807) is 12.1 Å². The van der Waals surface area contributed by atoms with E-state index in [9.17, 15) is 4.79 Å². The van der Waals surface area contributed by atoms with Gasteiger partial charge in [0.1, 0.15) is 5.75 Å². The lowest BCUT2D eigenvalue weighted by atomic mass is 10.0. The topological polar surface area (TPSA) is 38.3 Å². The highest BCUT2D eigenvalue weighted by Crippen LogP contribution is 2.26. The minimum absolute atomic E-state index is 0.0321. The maximum Gasteiger partial charge on any atom is 0.262 e. The lowest BCUT2D eigenvalue weighted by molar-refractivity contribution is -0.118. The number of anilines is 1. The third-order valence-corrected chi connectivity index (χ3v) is 3.61. The van der Waals surface area contributed by atoms with Gasteiger partial charge in [0, 0.05) is 10.7 Å². The molecule has 0 aliphatic rings. The van der Waals surface area contributed by atoms with E-state index in [1.807, 2.05) is 37.3 Å². The predicted octanol–water partition coefficient (Wildman–Crippen LogP) is 4.79. The molecule has 0 atom stereocenters. The molecule has 1 amide bonds. The number of carbonyl (C=O) groups excluding carboxylic acids is 1. The second kappa shape index (κ2) is 7.32. The summed E-state index contributed by atoms with van der Waals surface area (Å²) in [5, 5.41) is 3.41. The maximum absolute atomic E-state index is 12.1. The number of amides is 1.